The van der Waals surface area contributed by atoms with Crippen LogP contribution in [0.25, 0.3) is 0 Å². The van der Waals surface area contributed by atoms with E-state index in [0.29, 0.717) is 12.4 Å². The van der Waals surface area contributed by atoms with Crippen molar-refractivity contribution < 1.29 is 9.53 Å². The van der Waals surface area contributed by atoms with Gasteiger partial charge in [0.15, 0.2) is 5.60 Å². The highest BCUT2D eigenvalue weighted by atomic mass is 16.6. The van der Waals surface area contributed by atoms with Gasteiger partial charge < -0.3 is 10.1 Å². The summed E-state index contributed by atoms with van der Waals surface area (Å²) in [5.41, 5.74) is -0.946. The average molecular weight is 213 g/mol. The van der Waals surface area contributed by atoms with Crippen LogP contribution in [0.2, 0.25) is 0 Å². The highest BCUT2D eigenvalue weighted by Crippen LogP contribution is 2.73. The summed E-state index contributed by atoms with van der Waals surface area (Å²) in [4.78, 5) is 10.7. The molecular formula is C10H19N3O2. The minimum Gasteiger partial charge on any atom is -0.455 e. The normalized spacial score (nSPS) is 45.2. The second-order valence-electron chi connectivity index (χ2n) is 4.46. The van der Waals surface area contributed by atoms with E-state index in [0.717, 1.165) is 6.42 Å². The zero-order chi connectivity index (χ0) is 11.3. The van der Waals surface area contributed by atoms with Crippen LogP contribution in [0.4, 0.5) is 0 Å². The maximum atomic E-state index is 10.7. The first-order valence-electron chi connectivity index (χ1n) is 5.30. The highest BCUT2D eigenvalue weighted by molar-refractivity contribution is 5.56. The fourth-order valence-corrected chi connectivity index (χ4v) is 3.97. The zero-order valence-electron chi connectivity index (χ0n) is 9.68. The first-order valence-corrected chi connectivity index (χ1v) is 5.30. The monoisotopic (exact) mass is 213 g/mol. The fourth-order valence-electron chi connectivity index (χ4n) is 3.97. The van der Waals surface area contributed by atoms with Gasteiger partial charge in [-0.05, 0) is 27.6 Å². The van der Waals surface area contributed by atoms with Gasteiger partial charge >= 0.3 is 0 Å². The second-order valence-corrected chi connectivity index (χ2v) is 4.46. The molecule has 0 spiro atoms. The van der Waals surface area contributed by atoms with Gasteiger partial charge in [0.2, 0.25) is 0 Å². The SMILES string of the molecule is CNC12CC(C)C1(OC=O)C2(NC)NC. The molecular weight excluding hydrogens is 194 g/mol. The van der Waals surface area contributed by atoms with Crippen molar-refractivity contribution in [3.8, 4) is 0 Å². The van der Waals surface area contributed by atoms with E-state index in [1.165, 1.54) is 0 Å². The summed E-state index contributed by atoms with van der Waals surface area (Å²) in [5.74, 6) is 0.357. The third-order valence-electron chi connectivity index (χ3n) is 4.49. The van der Waals surface area contributed by atoms with Crippen molar-refractivity contribution in [1.29, 1.82) is 0 Å². The van der Waals surface area contributed by atoms with Crippen LogP contribution in [0.1, 0.15) is 13.3 Å². The summed E-state index contributed by atoms with van der Waals surface area (Å²) in [7, 11) is 5.68. The Morgan fingerprint density at radius 3 is 2.13 bits per heavy atom. The van der Waals surface area contributed by atoms with E-state index in [9.17, 15) is 4.79 Å². The van der Waals surface area contributed by atoms with E-state index < -0.39 is 5.60 Å². The first kappa shape index (κ1) is 10.9. The molecule has 3 N–H and O–H groups in total. The molecule has 3 unspecified atom stereocenters. The zero-order valence-corrected chi connectivity index (χ0v) is 9.68. The summed E-state index contributed by atoms with van der Waals surface area (Å²) >= 11 is 0. The van der Waals surface area contributed by atoms with Gasteiger partial charge in [0, 0.05) is 5.92 Å². The number of fused-ring (bicyclic) bond motifs is 1. The Morgan fingerprint density at radius 1 is 1.27 bits per heavy atom. The Kier molecular flexibility index (Phi) is 2.12. The van der Waals surface area contributed by atoms with E-state index >= 15 is 0 Å². The van der Waals surface area contributed by atoms with E-state index in [-0.39, 0.29) is 11.2 Å². The van der Waals surface area contributed by atoms with Crippen LogP contribution in [0.3, 0.4) is 0 Å². The standard InChI is InChI=1S/C10H19N3O2/c1-7-5-8(11-2)9(7,15-6-14)10(8,12-3)13-4/h6-7,11-13H,5H2,1-4H3. The molecule has 0 radical (unpaired) electrons. The van der Waals surface area contributed by atoms with Crippen molar-refractivity contribution in [2.24, 2.45) is 5.92 Å². The number of carbonyl (C=O) groups is 1. The molecule has 86 valence electrons. The smallest absolute Gasteiger partial charge is 0.293 e. The quantitative estimate of drug-likeness (QED) is 0.406. The molecule has 2 rings (SSSR count). The van der Waals surface area contributed by atoms with Gasteiger partial charge in [0.05, 0.1) is 5.54 Å². The Labute approximate surface area is 89.9 Å². The molecule has 5 heteroatoms. The number of ether oxygens (including phenoxy) is 1. The van der Waals surface area contributed by atoms with Crippen LogP contribution >= 0.6 is 0 Å². The molecule has 0 aromatic heterocycles. The second kappa shape index (κ2) is 2.93. The summed E-state index contributed by atoms with van der Waals surface area (Å²) < 4.78 is 5.38. The Bertz CT molecular complexity index is 292. The van der Waals surface area contributed by atoms with Gasteiger partial charge in [-0.25, -0.2) is 0 Å². The molecule has 2 fully saturated rings. The summed E-state index contributed by atoms with van der Waals surface area (Å²) in [5, 5.41) is 9.80. The molecule has 2 aliphatic rings. The van der Waals surface area contributed by atoms with Crippen molar-refractivity contribution >= 4 is 6.47 Å². The lowest BCUT2D eigenvalue weighted by Gasteiger charge is -2.38. The van der Waals surface area contributed by atoms with E-state index in [1.54, 1.807) is 0 Å². The molecule has 0 heterocycles. The third kappa shape index (κ3) is 0.736. The van der Waals surface area contributed by atoms with Crippen LogP contribution in [-0.2, 0) is 9.53 Å². The number of likely N-dealkylation sites (N-methyl/N-ethyl adjacent to an activating group) is 3. The van der Waals surface area contributed by atoms with E-state index in [2.05, 4.69) is 22.9 Å². The summed E-state index contributed by atoms with van der Waals surface area (Å²) in [6.45, 7) is 2.66. The number of rotatable bonds is 5. The number of nitrogens with one attached hydrogen (secondary N) is 3. The highest BCUT2D eigenvalue weighted by Gasteiger charge is 2.97. The lowest BCUT2D eigenvalue weighted by atomic mass is 9.78. The van der Waals surface area contributed by atoms with Gasteiger partial charge in [0.1, 0.15) is 5.66 Å². The van der Waals surface area contributed by atoms with E-state index in [1.807, 2.05) is 21.1 Å². The van der Waals surface area contributed by atoms with Crippen LogP contribution in [-0.4, -0.2) is 44.4 Å². The van der Waals surface area contributed by atoms with Crippen molar-refractivity contribution in [3.63, 3.8) is 0 Å². The van der Waals surface area contributed by atoms with Crippen LogP contribution in [0.15, 0.2) is 0 Å². The summed E-state index contributed by atoms with van der Waals surface area (Å²) in [6, 6.07) is 0. The van der Waals surface area contributed by atoms with Gasteiger partial charge in [-0.2, -0.15) is 0 Å². The predicted molar refractivity (Wildman–Crippen MR) is 56.3 cm³/mol. The van der Waals surface area contributed by atoms with Crippen molar-refractivity contribution in [3.05, 3.63) is 0 Å². The molecule has 0 saturated heterocycles. The maximum absolute atomic E-state index is 10.7. The first-order chi connectivity index (χ1) is 7.12. The van der Waals surface area contributed by atoms with Crippen LogP contribution in [0, 0.1) is 5.92 Å². The molecule has 2 saturated carbocycles. The molecule has 0 bridgehead atoms. The van der Waals surface area contributed by atoms with Crippen molar-refractivity contribution in [1.82, 2.24) is 16.0 Å². The minimum atomic E-state index is -0.444. The van der Waals surface area contributed by atoms with E-state index in [4.69, 9.17) is 4.74 Å². The lowest BCUT2D eigenvalue weighted by Crippen LogP contribution is -2.54. The number of carbonyl (C=O) groups excluding carboxylic acids is 1. The van der Waals surface area contributed by atoms with Gasteiger partial charge in [-0.15, -0.1) is 0 Å². The fraction of sp³-hybridized carbons (Fsp3) is 0.900. The molecule has 15 heavy (non-hydrogen) atoms. The van der Waals surface area contributed by atoms with Gasteiger partial charge in [-0.1, -0.05) is 6.92 Å². The minimum absolute atomic E-state index is 0.163. The number of hydrogen-bond acceptors (Lipinski definition) is 5. The lowest BCUT2D eigenvalue weighted by molar-refractivity contribution is -0.149. The Morgan fingerprint density at radius 2 is 1.87 bits per heavy atom. The van der Waals surface area contributed by atoms with Crippen molar-refractivity contribution in [2.45, 2.75) is 30.1 Å². The molecule has 3 atom stereocenters. The van der Waals surface area contributed by atoms with Crippen LogP contribution in [0.5, 0.6) is 0 Å². The summed E-state index contributed by atoms with van der Waals surface area (Å²) in [6.07, 6.45) is 0.999. The van der Waals surface area contributed by atoms with Gasteiger partial charge in [0.25, 0.3) is 6.47 Å². The molecule has 5 nitrogen and oxygen atoms in total. The Balaban J connectivity index is 2.38. The largest absolute Gasteiger partial charge is 0.455 e. The third-order valence-corrected chi connectivity index (χ3v) is 4.49. The number of hydrogen-bond donors (Lipinski definition) is 3. The van der Waals surface area contributed by atoms with Crippen LogP contribution < -0.4 is 16.0 Å². The molecule has 0 aromatic carbocycles. The molecule has 0 aliphatic heterocycles. The Hall–Kier alpha value is -0.650. The average Bonchev–Trinajstić information content (AvgIpc) is 2.68. The maximum Gasteiger partial charge on any atom is 0.293 e. The molecule has 2 aliphatic carbocycles. The van der Waals surface area contributed by atoms with Gasteiger partial charge in [-0.3, -0.25) is 15.4 Å². The topological polar surface area (TPSA) is 62.4 Å². The van der Waals surface area contributed by atoms with Crippen molar-refractivity contribution in [2.75, 3.05) is 21.1 Å². The molecule has 0 amide bonds. The molecule has 0 aromatic rings. The predicted octanol–water partition coefficient (Wildman–Crippen LogP) is -0.955.